The van der Waals surface area contributed by atoms with Gasteiger partial charge >= 0.3 is 24.0 Å². The highest BCUT2D eigenvalue weighted by molar-refractivity contribution is 5.99. The summed E-state index contributed by atoms with van der Waals surface area (Å²) in [5.74, 6) is -12.9. The molecule has 122 heavy (non-hydrogen) atoms. The molecule has 2 saturated heterocycles. The minimum Gasteiger partial charge on any atom is -0.481 e. The number of aromatic nitrogens is 3. The zero-order valence-corrected chi connectivity index (χ0v) is 67.8. The van der Waals surface area contributed by atoms with Crippen LogP contribution in [0.5, 0.6) is 0 Å². The molecule has 0 radical (unpaired) electrons. The van der Waals surface area contributed by atoms with Crippen molar-refractivity contribution >= 4 is 107 Å². The molecule has 2 aromatic carbocycles. The summed E-state index contributed by atoms with van der Waals surface area (Å²) in [7, 11) is 0. The van der Waals surface area contributed by atoms with E-state index in [2.05, 4.69) is 84.9 Å². The molecule has 47 heteroatoms. The smallest absolute Gasteiger partial charge is 0.337 e. The highest BCUT2D eigenvalue weighted by Crippen LogP contribution is 2.14. The van der Waals surface area contributed by atoms with Crippen molar-refractivity contribution in [3.8, 4) is 0 Å². The molecule has 15 amide bonds. The van der Waals surface area contributed by atoms with Crippen LogP contribution in [-0.2, 0) is 112 Å². The van der Waals surface area contributed by atoms with Gasteiger partial charge in [0.25, 0.3) is 5.91 Å². The molecule has 22 N–H and O–H groups in total. The van der Waals surface area contributed by atoms with Crippen molar-refractivity contribution in [1.82, 2.24) is 104 Å². The fourth-order valence-electron chi connectivity index (χ4n) is 11.9. The normalized spacial score (nSPS) is 17.8. The first-order chi connectivity index (χ1) is 58.5. The van der Waals surface area contributed by atoms with Crippen molar-refractivity contribution in [2.45, 2.75) is 159 Å². The standard InChI is InChI=1S/C75H113FN24O22/c76-41-51-46-99(96-94-51)48-63(106)83-28-32-120-34-36-122-38-37-121-35-33-119-31-23-64(107)97(29-21-59(102)81-24-9-7-17-54-69(114)90-52(19-11-26-84-72(77)78)67(112)86-42-61(104)88-56(39-65(108)109)58(101)47-98(74(117)92-54)44-49-13-3-1-4-14-49)30-22-60(103)82-25-10-8-18-55-70(115)91-53(20-12-27-85-73(79)80)68(113)87-43-62(105)89-57(40-66(110)111)71(116)95-100(75(118)93-55)45-50-15-5-2-6-16-50/h1-6,13-16,46,52-57H,7-12,17-45,47-48H2,(H,81,102)(H,82,103)(H,83,106)(H,86,112)(H,87,113)(H,88,104)(H,89,105)(H,90,114)(H,91,115)(H,92,117)(H,93,118)(H,95,116)(H,108,109)(H,110,111)(H4,77,78,84)(H4,79,80,85)/t52-,53-,54?,55-,56-,57-/m0/s1/i76-1. The quantitative estimate of drug-likeness (QED) is 0.0143. The fraction of sp³-hybridized carbons (Fsp3) is 0.573. The summed E-state index contributed by atoms with van der Waals surface area (Å²) in [5.41, 5.74) is 14.3. The molecule has 1 aromatic heterocycles. The monoisotopic (exact) mass is 1720 g/mol. The highest BCUT2D eigenvalue weighted by Gasteiger charge is 2.35. The minimum atomic E-state index is -1.75. The number of halogens is 1. The Hall–Kier alpha value is -12.8. The summed E-state index contributed by atoms with van der Waals surface area (Å²) < 4.78 is 36.2. The van der Waals surface area contributed by atoms with E-state index < -0.39 is 164 Å². The second-order valence-corrected chi connectivity index (χ2v) is 28.0. The van der Waals surface area contributed by atoms with Gasteiger partial charge in [-0.3, -0.25) is 83.4 Å². The lowest BCUT2D eigenvalue weighted by Gasteiger charge is -2.28. The second kappa shape index (κ2) is 56.6. The molecule has 3 aromatic rings. The lowest BCUT2D eigenvalue weighted by Crippen LogP contribution is -2.59. The Kier molecular flexibility index (Phi) is 46.3. The first kappa shape index (κ1) is 99.8. The summed E-state index contributed by atoms with van der Waals surface area (Å²) in [6, 6.07) is 5.72. The number of nitrogens with one attached hydrogen (secondary N) is 16. The number of unbranched alkanes of at least 4 members (excludes halogenated alkanes) is 2. The highest BCUT2D eigenvalue weighted by atomic mass is 18.2. The third-order valence-corrected chi connectivity index (χ3v) is 18.2. The van der Waals surface area contributed by atoms with Gasteiger partial charge in [-0.25, -0.2) is 23.7 Å². The lowest BCUT2D eigenvalue weighted by molar-refractivity contribution is -0.141. The number of rotatable bonds is 50. The van der Waals surface area contributed by atoms with Crippen molar-refractivity contribution in [3.63, 3.8) is 0 Å². The molecule has 2 fully saturated rings. The van der Waals surface area contributed by atoms with Crippen molar-refractivity contribution in [2.24, 2.45) is 11.5 Å². The van der Waals surface area contributed by atoms with E-state index in [1.807, 2.05) is 0 Å². The molecular formula is C75H113FN24O22. The van der Waals surface area contributed by atoms with Gasteiger partial charge in [0.15, 0.2) is 17.7 Å². The number of alkyl halides is 1. The number of carboxylic acid groups (broad SMARTS) is 2. The summed E-state index contributed by atoms with van der Waals surface area (Å²) in [4.78, 5) is 218. The van der Waals surface area contributed by atoms with Gasteiger partial charge < -0.3 is 120 Å². The van der Waals surface area contributed by atoms with Crippen molar-refractivity contribution in [2.75, 3.05) is 118 Å². The number of nitrogens with two attached hydrogens (primary N) is 2. The second-order valence-electron chi connectivity index (χ2n) is 28.0. The first-order valence-corrected chi connectivity index (χ1v) is 39.8. The van der Waals surface area contributed by atoms with Crippen LogP contribution in [0.15, 0.2) is 66.9 Å². The predicted octanol–water partition coefficient (Wildman–Crippen LogP) is -5.06. The maximum absolute atomic E-state index is 14.3. The predicted molar refractivity (Wildman–Crippen MR) is 428 cm³/mol. The zero-order chi connectivity index (χ0) is 89.0. The summed E-state index contributed by atoms with van der Waals surface area (Å²) in [5, 5.41) is 75.7. The van der Waals surface area contributed by atoms with E-state index in [-0.39, 0.29) is 225 Å². The third kappa shape index (κ3) is 41.7. The topological polar surface area (TPSA) is 659 Å². The third-order valence-electron chi connectivity index (χ3n) is 18.2. The van der Waals surface area contributed by atoms with Crippen molar-refractivity contribution in [1.29, 1.82) is 10.8 Å². The van der Waals surface area contributed by atoms with E-state index in [1.165, 1.54) is 15.8 Å². The number of hydrogen-bond acceptors (Lipinski definition) is 24. The van der Waals surface area contributed by atoms with Gasteiger partial charge in [0.2, 0.25) is 59.1 Å². The number of benzene rings is 2. The number of urea groups is 2. The van der Waals surface area contributed by atoms with Gasteiger partial charge in [-0.2, -0.15) is 0 Å². The molecule has 46 nitrogen and oxygen atoms in total. The average molecular weight is 1720 g/mol. The van der Waals surface area contributed by atoms with E-state index in [9.17, 15) is 91.3 Å². The van der Waals surface area contributed by atoms with Gasteiger partial charge in [-0.15, -0.1) is 5.10 Å². The largest absolute Gasteiger partial charge is 0.481 e. The number of hydrogen-bond donors (Lipinski definition) is 20. The molecule has 1 unspecified atom stereocenters. The Bertz CT molecular complexity index is 3750. The van der Waals surface area contributed by atoms with Gasteiger partial charge in [0, 0.05) is 65.2 Å². The van der Waals surface area contributed by atoms with Gasteiger partial charge in [0.05, 0.1) is 111 Å². The van der Waals surface area contributed by atoms with E-state index in [0.717, 1.165) is 9.91 Å². The van der Waals surface area contributed by atoms with Crippen LogP contribution in [0, 0.1) is 10.8 Å². The van der Waals surface area contributed by atoms with Crippen molar-refractivity contribution < 1.29 is 110 Å². The number of nitrogens with zero attached hydrogens (tertiary/aromatic N) is 6. The molecule has 2 aliphatic rings. The summed E-state index contributed by atoms with van der Waals surface area (Å²) >= 11 is 0. The number of carbonyl (C=O) groups is 16. The van der Waals surface area contributed by atoms with Crippen LogP contribution in [0.3, 0.4) is 0 Å². The molecule has 0 spiro atoms. The van der Waals surface area contributed by atoms with Crippen LogP contribution in [0.4, 0.5) is 14.0 Å². The van der Waals surface area contributed by atoms with E-state index in [1.54, 1.807) is 60.7 Å². The summed E-state index contributed by atoms with van der Waals surface area (Å²) in [6.45, 7) is -2.51. The molecular weight excluding hydrogens is 1610 g/mol. The molecule has 6 atom stereocenters. The molecule has 0 bridgehead atoms. The first-order valence-electron chi connectivity index (χ1n) is 39.8. The Morgan fingerprint density at radius 3 is 1.43 bits per heavy atom. The van der Waals surface area contributed by atoms with E-state index in [0.29, 0.717) is 11.1 Å². The number of carbonyl (C=O) groups excluding carboxylic acids is 14. The number of aliphatic carboxylic acids is 2. The number of hydrazine groups is 1. The molecule has 0 saturated carbocycles. The van der Waals surface area contributed by atoms with E-state index in [4.69, 9.17) is 41.2 Å². The summed E-state index contributed by atoms with van der Waals surface area (Å²) in [6.07, 6.45) is -0.653. The van der Waals surface area contributed by atoms with Crippen LogP contribution >= 0.6 is 0 Å². The number of ketones is 1. The fourth-order valence-corrected chi connectivity index (χ4v) is 11.9. The molecule has 5 rings (SSSR count). The molecule has 0 aliphatic carbocycles. The van der Waals surface area contributed by atoms with Crippen LogP contribution in [0.1, 0.15) is 113 Å². The zero-order valence-electron chi connectivity index (χ0n) is 67.8. The van der Waals surface area contributed by atoms with Gasteiger partial charge in [-0.05, 0) is 75.3 Å². The van der Waals surface area contributed by atoms with Crippen LogP contribution < -0.4 is 86.0 Å². The van der Waals surface area contributed by atoms with Crippen LogP contribution in [0.2, 0.25) is 0 Å². The lowest BCUT2D eigenvalue weighted by atomic mass is 10.1. The number of guanidine groups is 2. The Labute approximate surface area is 701 Å². The van der Waals surface area contributed by atoms with E-state index >= 15 is 0 Å². The Morgan fingerprint density at radius 2 is 0.934 bits per heavy atom. The Balaban J connectivity index is 1.23. The maximum atomic E-state index is 14.3. The average Bonchev–Trinajstić information content (AvgIpc) is 1.64. The Morgan fingerprint density at radius 1 is 0.492 bits per heavy atom. The maximum Gasteiger partial charge on any atom is 0.337 e. The van der Waals surface area contributed by atoms with Crippen LogP contribution in [0.25, 0.3) is 0 Å². The van der Waals surface area contributed by atoms with Crippen LogP contribution in [-0.4, -0.2) is 301 Å². The molecule has 2 aliphatic heterocycles. The number of Topliss-reactive ketones (excluding diaryl/α,β-unsaturated/α-hetero) is 1. The van der Waals surface area contributed by atoms with Gasteiger partial charge in [0.1, 0.15) is 49.1 Å². The number of carboxylic acids is 2. The van der Waals surface area contributed by atoms with Gasteiger partial charge in [-0.1, -0.05) is 65.9 Å². The number of ether oxygens (including phenoxy) is 4. The molecule has 3 heterocycles. The minimum absolute atomic E-state index is 0.00393. The van der Waals surface area contributed by atoms with Crippen molar-refractivity contribution in [3.05, 3.63) is 83.7 Å². The molecule has 672 valence electrons. The number of amides is 15. The SMILES string of the molecule is N=C(N)NCCC[C@@H]1NC(=O)C(CCCCNC(=O)CCN(CCC(=O)NCCCC[C@@H]2NC(=O)N(Cc3ccccc3)NC(=O)[C@H](CC(=O)O)NC(=O)CNC(=O)[C@H](CCCNC(=N)N)NC2=O)C(=O)CCOCCOCCOCCOCCNC(=O)Cn2cc(C[18F])nn2)NC(=O)N(Cc2ccccc2)CC(=O)[C@H](CC(=O)O)NC(=O)CNC1=O.